The molecule has 4 rings (SSSR count). The molecule has 2 aromatic carbocycles. The van der Waals surface area contributed by atoms with Gasteiger partial charge in [-0.25, -0.2) is 8.78 Å². The molecule has 0 saturated carbocycles. The molecule has 1 N–H and O–H groups in total. The predicted molar refractivity (Wildman–Crippen MR) is 120 cm³/mol. The smallest absolute Gasteiger partial charge is 0.141 e. The van der Waals surface area contributed by atoms with Crippen LogP contribution in [0.2, 0.25) is 5.02 Å². The lowest BCUT2D eigenvalue weighted by Gasteiger charge is -2.43. The number of piperazine rings is 1. The number of ether oxygens (including phenoxy) is 1. The highest BCUT2D eigenvalue weighted by molar-refractivity contribution is 6.33. The maximum atomic E-state index is 13.6. The van der Waals surface area contributed by atoms with Gasteiger partial charge in [0.25, 0.3) is 0 Å². The van der Waals surface area contributed by atoms with Crippen molar-refractivity contribution in [2.75, 3.05) is 37.7 Å². The van der Waals surface area contributed by atoms with Gasteiger partial charge < -0.3 is 14.7 Å². The fourth-order valence-corrected chi connectivity index (χ4v) is 4.22. The number of halogens is 3. The van der Waals surface area contributed by atoms with E-state index in [2.05, 4.69) is 14.8 Å². The molecule has 0 bridgehead atoms. The van der Waals surface area contributed by atoms with Crippen LogP contribution in [0.1, 0.15) is 17.3 Å². The van der Waals surface area contributed by atoms with Gasteiger partial charge in [-0.15, -0.1) is 0 Å². The second-order valence-electron chi connectivity index (χ2n) is 7.65. The van der Waals surface area contributed by atoms with Gasteiger partial charge in [0, 0.05) is 32.2 Å². The Bertz CT molecular complexity index is 1030. The Morgan fingerprint density at radius 2 is 1.81 bits per heavy atom. The van der Waals surface area contributed by atoms with Crippen LogP contribution >= 0.6 is 11.6 Å². The van der Waals surface area contributed by atoms with Gasteiger partial charge in [0.15, 0.2) is 0 Å². The van der Waals surface area contributed by atoms with Gasteiger partial charge in [-0.3, -0.25) is 9.88 Å². The summed E-state index contributed by atoms with van der Waals surface area (Å²) in [6, 6.07) is 15.0. The van der Waals surface area contributed by atoms with Crippen LogP contribution in [-0.4, -0.2) is 47.8 Å². The van der Waals surface area contributed by atoms with Crippen molar-refractivity contribution in [2.45, 2.75) is 12.6 Å². The Hall–Kier alpha value is -2.74. The van der Waals surface area contributed by atoms with Gasteiger partial charge in [0.05, 0.1) is 35.2 Å². The molecule has 0 amide bonds. The quantitative estimate of drug-likeness (QED) is 0.565. The molecule has 168 valence electrons. The van der Waals surface area contributed by atoms with Gasteiger partial charge in [-0.1, -0.05) is 23.7 Å². The second-order valence-corrected chi connectivity index (χ2v) is 8.06. The lowest BCUT2D eigenvalue weighted by atomic mass is 10.0. The van der Waals surface area contributed by atoms with Crippen molar-refractivity contribution in [3.63, 3.8) is 0 Å². The van der Waals surface area contributed by atoms with Crippen LogP contribution in [-0.2, 0) is 6.54 Å². The third kappa shape index (κ3) is 5.35. The molecule has 3 aromatic rings. The molecular weight excluding hydrogens is 436 g/mol. The number of hydrogen-bond acceptors (Lipinski definition) is 5. The first kappa shape index (κ1) is 22.5. The number of nitrogens with zero attached hydrogens (tertiary/aromatic N) is 3. The third-order valence-electron chi connectivity index (χ3n) is 5.48. The summed E-state index contributed by atoms with van der Waals surface area (Å²) in [7, 11) is 0. The van der Waals surface area contributed by atoms with Crippen molar-refractivity contribution in [3.8, 4) is 5.75 Å². The molecule has 1 aromatic heterocycles. The molecule has 32 heavy (non-hydrogen) atoms. The van der Waals surface area contributed by atoms with E-state index in [1.54, 1.807) is 24.3 Å². The highest BCUT2D eigenvalue weighted by Gasteiger charge is 2.30. The van der Waals surface area contributed by atoms with E-state index in [9.17, 15) is 8.78 Å². The fraction of sp³-hybridized carbons (Fsp3) is 0.292. The minimum absolute atomic E-state index is 0.0634. The minimum Gasteiger partial charge on any atom is -0.491 e. The molecule has 1 aliphatic rings. The fourth-order valence-electron chi connectivity index (χ4n) is 3.94. The van der Waals surface area contributed by atoms with Crippen LogP contribution in [0.15, 0.2) is 60.8 Å². The van der Waals surface area contributed by atoms with E-state index in [0.717, 1.165) is 23.5 Å². The van der Waals surface area contributed by atoms with Crippen LogP contribution < -0.4 is 9.64 Å². The molecule has 1 aliphatic heterocycles. The highest BCUT2D eigenvalue weighted by atomic mass is 35.5. The number of rotatable bonds is 7. The van der Waals surface area contributed by atoms with Crippen LogP contribution in [0.5, 0.6) is 5.75 Å². The standard InChI is InChI=1S/C24H24ClF2N3O2/c25-22-13-21(32-12-11-31)7-8-23(22)30-10-9-29(15-20-6-5-19(27)14-28-20)16-24(30)17-1-3-18(26)4-2-17/h1-8,13-14,24,31H,9-12,15-16H2/t24-/m0/s1. The topological polar surface area (TPSA) is 48.8 Å². The number of aromatic nitrogens is 1. The molecule has 1 fully saturated rings. The summed E-state index contributed by atoms with van der Waals surface area (Å²) in [5.41, 5.74) is 2.62. The summed E-state index contributed by atoms with van der Waals surface area (Å²) in [5, 5.41) is 9.50. The Kier molecular flexibility index (Phi) is 7.19. The van der Waals surface area contributed by atoms with E-state index >= 15 is 0 Å². The van der Waals surface area contributed by atoms with Crippen molar-refractivity contribution < 1.29 is 18.6 Å². The first-order chi connectivity index (χ1) is 15.5. The SMILES string of the molecule is OCCOc1ccc(N2CCN(Cc3ccc(F)cn3)C[C@H]2c2ccc(F)cc2)c(Cl)c1. The monoisotopic (exact) mass is 459 g/mol. The number of anilines is 1. The van der Waals surface area contributed by atoms with Crippen molar-refractivity contribution in [1.82, 2.24) is 9.88 Å². The van der Waals surface area contributed by atoms with Gasteiger partial charge in [0.1, 0.15) is 24.0 Å². The largest absolute Gasteiger partial charge is 0.491 e. The molecule has 5 nitrogen and oxygen atoms in total. The normalized spacial score (nSPS) is 16.9. The maximum Gasteiger partial charge on any atom is 0.141 e. The van der Waals surface area contributed by atoms with Crippen molar-refractivity contribution in [1.29, 1.82) is 0 Å². The molecule has 0 aliphatic carbocycles. The number of aliphatic hydroxyl groups excluding tert-OH is 1. The average Bonchev–Trinajstić information content (AvgIpc) is 2.80. The first-order valence-electron chi connectivity index (χ1n) is 10.4. The number of benzene rings is 2. The molecule has 0 spiro atoms. The van der Waals surface area contributed by atoms with E-state index in [4.69, 9.17) is 21.4 Å². The molecule has 1 atom stereocenters. The zero-order valence-electron chi connectivity index (χ0n) is 17.4. The first-order valence-corrected chi connectivity index (χ1v) is 10.8. The Morgan fingerprint density at radius 3 is 2.50 bits per heavy atom. The lowest BCUT2D eigenvalue weighted by molar-refractivity contribution is 0.201. The van der Waals surface area contributed by atoms with E-state index in [1.165, 1.54) is 24.4 Å². The summed E-state index contributed by atoms with van der Waals surface area (Å²) in [6.07, 6.45) is 1.23. The van der Waals surface area contributed by atoms with E-state index in [0.29, 0.717) is 30.4 Å². The molecule has 2 heterocycles. The summed E-state index contributed by atoms with van der Waals surface area (Å²) >= 11 is 6.60. The minimum atomic E-state index is -0.358. The van der Waals surface area contributed by atoms with E-state index < -0.39 is 0 Å². The van der Waals surface area contributed by atoms with Crippen LogP contribution in [0.3, 0.4) is 0 Å². The van der Waals surface area contributed by atoms with E-state index in [-0.39, 0.29) is 30.9 Å². The summed E-state index contributed by atoms with van der Waals surface area (Å²) in [6.45, 7) is 2.84. The van der Waals surface area contributed by atoms with Crippen molar-refractivity contribution in [2.24, 2.45) is 0 Å². The van der Waals surface area contributed by atoms with Crippen molar-refractivity contribution in [3.05, 3.63) is 88.7 Å². The predicted octanol–water partition coefficient (Wildman–Crippen LogP) is 4.45. The van der Waals surface area contributed by atoms with E-state index in [1.807, 2.05) is 12.1 Å². The van der Waals surface area contributed by atoms with Crippen molar-refractivity contribution >= 4 is 17.3 Å². The second kappa shape index (κ2) is 10.3. The molecule has 8 heteroatoms. The molecule has 0 radical (unpaired) electrons. The average molecular weight is 460 g/mol. The Labute approximate surface area is 190 Å². The van der Waals surface area contributed by atoms with Crippen LogP contribution in [0, 0.1) is 11.6 Å². The maximum absolute atomic E-state index is 13.6. The van der Waals surface area contributed by atoms with Gasteiger partial charge >= 0.3 is 0 Å². The van der Waals surface area contributed by atoms with Crippen LogP contribution in [0.4, 0.5) is 14.5 Å². The summed E-state index contributed by atoms with van der Waals surface area (Å²) in [5.74, 6) is -0.0529. The Balaban J connectivity index is 1.58. The van der Waals surface area contributed by atoms with Gasteiger partial charge in [-0.05, 0) is 42.0 Å². The van der Waals surface area contributed by atoms with Gasteiger partial charge in [0.2, 0.25) is 0 Å². The van der Waals surface area contributed by atoms with Crippen LogP contribution in [0.25, 0.3) is 0 Å². The number of pyridine rings is 1. The molecule has 1 saturated heterocycles. The zero-order valence-corrected chi connectivity index (χ0v) is 18.2. The highest BCUT2D eigenvalue weighted by Crippen LogP contribution is 2.37. The summed E-state index contributed by atoms with van der Waals surface area (Å²) in [4.78, 5) is 8.63. The number of hydrogen-bond donors (Lipinski definition) is 1. The molecule has 0 unspecified atom stereocenters. The summed E-state index contributed by atoms with van der Waals surface area (Å²) < 4.78 is 32.2. The lowest BCUT2D eigenvalue weighted by Crippen LogP contribution is -2.48. The number of aliphatic hydroxyl groups is 1. The molecular formula is C24H24ClF2N3O2. The van der Waals surface area contributed by atoms with Gasteiger partial charge in [-0.2, -0.15) is 0 Å². The zero-order chi connectivity index (χ0) is 22.5. The Morgan fingerprint density at radius 1 is 1.03 bits per heavy atom. The third-order valence-corrected chi connectivity index (χ3v) is 5.78.